The minimum Gasteiger partial charge on any atom is -0.339 e. The van der Waals surface area contributed by atoms with Crippen LogP contribution in [-0.2, 0) is 4.79 Å². The molecule has 1 amide bonds. The Balaban J connectivity index is 2.68. The van der Waals surface area contributed by atoms with E-state index >= 15 is 0 Å². The lowest BCUT2D eigenvalue weighted by atomic mass is 10.0. The maximum atomic E-state index is 11.1. The smallest absolute Gasteiger partial charge is 0.219 e. The average Bonchev–Trinajstić information content (AvgIpc) is 2.27. The zero-order valence-corrected chi connectivity index (χ0v) is 9.61. The summed E-state index contributed by atoms with van der Waals surface area (Å²) in [5, 5.41) is 0. The number of nitrogens with two attached hydrogens (primary N) is 1. The van der Waals surface area contributed by atoms with Crippen molar-refractivity contribution in [1.82, 2.24) is 4.90 Å². The van der Waals surface area contributed by atoms with Crippen molar-refractivity contribution in [3.8, 4) is 0 Å². The van der Waals surface area contributed by atoms with Crippen LogP contribution in [0.1, 0.15) is 13.8 Å². The van der Waals surface area contributed by atoms with Gasteiger partial charge in [0.15, 0.2) is 0 Å². The number of alkyl halides is 1. The average molecular weight is 282 g/mol. The summed E-state index contributed by atoms with van der Waals surface area (Å²) in [5.41, 5.74) is 5.63. The summed E-state index contributed by atoms with van der Waals surface area (Å²) in [6, 6.07) is 0.314. The molecule has 4 heteroatoms. The Kier molecular flexibility index (Phi) is 3.34. The highest BCUT2D eigenvalue weighted by atomic mass is 127. The van der Waals surface area contributed by atoms with Crippen LogP contribution in [0.4, 0.5) is 0 Å². The Morgan fingerprint density at radius 1 is 1.75 bits per heavy atom. The highest BCUT2D eigenvalue weighted by Crippen LogP contribution is 2.29. The van der Waals surface area contributed by atoms with Crippen molar-refractivity contribution >= 4 is 28.5 Å². The highest BCUT2D eigenvalue weighted by Gasteiger charge is 2.37. The maximum absolute atomic E-state index is 11.1. The van der Waals surface area contributed by atoms with Crippen LogP contribution >= 0.6 is 22.6 Å². The minimum atomic E-state index is 0.167. The Morgan fingerprint density at radius 2 is 2.33 bits per heavy atom. The molecule has 0 aromatic heterocycles. The molecule has 0 radical (unpaired) electrons. The standard InChI is InChI=1S/C8H15IN2O/c1-5-7(3-10)8(9)4-11(5)6(2)12/h5,7-8H,3-4,10H2,1-2H3. The molecule has 0 bridgehead atoms. The van der Waals surface area contributed by atoms with E-state index in [1.807, 2.05) is 4.90 Å². The van der Waals surface area contributed by atoms with Crippen LogP contribution < -0.4 is 5.73 Å². The monoisotopic (exact) mass is 282 g/mol. The molecule has 1 heterocycles. The van der Waals surface area contributed by atoms with Crippen molar-refractivity contribution in [3.05, 3.63) is 0 Å². The fourth-order valence-corrected chi connectivity index (χ4v) is 3.10. The fourth-order valence-electron chi connectivity index (χ4n) is 1.78. The summed E-state index contributed by atoms with van der Waals surface area (Å²) in [6.07, 6.45) is 0. The van der Waals surface area contributed by atoms with Crippen LogP contribution in [0.15, 0.2) is 0 Å². The van der Waals surface area contributed by atoms with E-state index in [0.717, 1.165) is 6.54 Å². The summed E-state index contributed by atoms with van der Waals surface area (Å²) in [7, 11) is 0. The zero-order valence-electron chi connectivity index (χ0n) is 7.46. The molecular weight excluding hydrogens is 267 g/mol. The number of rotatable bonds is 1. The summed E-state index contributed by atoms with van der Waals surface area (Å²) in [4.78, 5) is 13.1. The lowest BCUT2D eigenvalue weighted by molar-refractivity contribution is -0.129. The molecule has 0 aliphatic carbocycles. The predicted molar refractivity (Wildman–Crippen MR) is 57.2 cm³/mol. The topological polar surface area (TPSA) is 46.3 Å². The Labute approximate surface area is 86.8 Å². The van der Waals surface area contributed by atoms with Gasteiger partial charge in [0.2, 0.25) is 5.91 Å². The lowest BCUT2D eigenvalue weighted by Crippen LogP contribution is -2.36. The number of hydrogen-bond donors (Lipinski definition) is 1. The van der Waals surface area contributed by atoms with Gasteiger partial charge in [-0.05, 0) is 13.5 Å². The maximum Gasteiger partial charge on any atom is 0.219 e. The summed E-state index contributed by atoms with van der Waals surface area (Å²) < 4.78 is 0.520. The Bertz CT molecular complexity index is 186. The number of carbonyl (C=O) groups is 1. The van der Waals surface area contributed by atoms with Crippen LogP contribution in [0.5, 0.6) is 0 Å². The largest absolute Gasteiger partial charge is 0.339 e. The SMILES string of the molecule is CC(=O)N1CC(I)C(CN)C1C. The molecule has 12 heavy (non-hydrogen) atoms. The molecule has 3 unspecified atom stereocenters. The van der Waals surface area contributed by atoms with Gasteiger partial charge in [-0.25, -0.2) is 0 Å². The molecule has 3 atom stereocenters. The predicted octanol–water partition coefficient (Wildman–Crippen LogP) is 0.616. The molecular formula is C8H15IN2O. The van der Waals surface area contributed by atoms with Crippen LogP contribution in [-0.4, -0.2) is 33.9 Å². The fraction of sp³-hybridized carbons (Fsp3) is 0.875. The van der Waals surface area contributed by atoms with Crippen molar-refractivity contribution < 1.29 is 4.79 Å². The highest BCUT2D eigenvalue weighted by molar-refractivity contribution is 14.1. The van der Waals surface area contributed by atoms with Crippen molar-refractivity contribution in [1.29, 1.82) is 0 Å². The molecule has 1 aliphatic heterocycles. The Morgan fingerprint density at radius 3 is 2.58 bits per heavy atom. The molecule has 1 rings (SSSR count). The molecule has 0 aromatic carbocycles. The van der Waals surface area contributed by atoms with Crippen molar-refractivity contribution in [2.24, 2.45) is 11.7 Å². The first-order valence-electron chi connectivity index (χ1n) is 4.19. The molecule has 1 fully saturated rings. The Hall–Kier alpha value is 0.160. The van der Waals surface area contributed by atoms with E-state index in [2.05, 4.69) is 29.5 Å². The first kappa shape index (κ1) is 10.2. The van der Waals surface area contributed by atoms with Gasteiger partial charge in [0.1, 0.15) is 0 Å². The van der Waals surface area contributed by atoms with Gasteiger partial charge in [-0.3, -0.25) is 4.79 Å². The molecule has 1 aliphatic rings. The third-order valence-electron chi connectivity index (χ3n) is 2.62. The number of nitrogens with zero attached hydrogens (tertiary/aromatic N) is 1. The van der Waals surface area contributed by atoms with Crippen LogP contribution in [0, 0.1) is 5.92 Å². The summed E-state index contributed by atoms with van der Waals surface area (Å²) >= 11 is 2.38. The molecule has 2 N–H and O–H groups in total. The molecule has 0 aromatic rings. The van der Waals surface area contributed by atoms with E-state index in [1.54, 1.807) is 6.92 Å². The lowest BCUT2D eigenvalue weighted by Gasteiger charge is -2.22. The van der Waals surface area contributed by atoms with Crippen molar-refractivity contribution in [2.75, 3.05) is 13.1 Å². The second-order valence-corrected chi connectivity index (χ2v) is 4.93. The van der Waals surface area contributed by atoms with E-state index in [0.29, 0.717) is 22.4 Å². The number of amides is 1. The third-order valence-corrected chi connectivity index (χ3v) is 3.94. The number of carbonyl (C=O) groups excluding carboxylic acids is 1. The molecule has 1 saturated heterocycles. The van der Waals surface area contributed by atoms with E-state index < -0.39 is 0 Å². The van der Waals surface area contributed by atoms with Gasteiger partial charge in [-0.15, -0.1) is 0 Å². The molecule has 0 spiro atoms. The first-order valence-corrected chi connectivity index (χ1v) is 5.43. The van der Waals surface area contributed by atoms with Gasteiger partial charge < -0.3 is 10.6 Å². The summed E-state index contributed by atoms with van der Waals surface area (Å²) in [5.74, 6) is 0.634. The van der Waals surface area contributed by atoms with Crippen molar-refractivity contribution in [2.45, 2.75) is 23.8 Å². The molecule has 70 valence electrons. The van der Waals surface area contributed by atoms with Gasteiger partial charge in [0.05, 0.1) is 0 Å². The van der Waals surface area contributed by atoms with Gasteiger partial charge in [0.25, 0.3) is 0 Å². The van der Waals surface area contributed by atoms with E-state index in [-0.39, 0.29) is 5.91 Å². The van der Waals surface area contributed by atoms with Crippen molar-refractivity contribution in [3.63, 3.8) is 0 Å². The quantitative estimate of drug-likeness (QED) is 0.566. The van der Waals surface area contributed by atoms with Gasteiger partial charge >= 0.3 is 0 Å². The van der Waals surface area contributed by atoms with Gasteiger partial charge in [-0.2, -0.15) is 0 Å². The summed E-state index contributed by atoms with van der Waals surface area (Å²) in [6.45, 7) is 5.24. The van der Waals surface area contributed by atoms with E-state index in [9.17, 15) is 4.79 Å². The molecule has 3 nitrogen and oxygen atoms in total. The second kappa shape index (κ2) is 3.91. The van der Waals surface area contributed by atoms with Crippen LogP contribution in [0.3, 0.4) is 0 Å². The normalized spacial score (nSPS) is 35.7. The number of likely N-dealkylation sites (tertiary alicyclic amines) is 1. The van der Waals surface area contributed by atoms with Gasteiger partial charge in [-0.1, -0.05) is 22.6 Å². The van der Waals surface area contributed by atoms with Crippen LogP contribution in [0.25, 0.3) is 0 Å². The first-order chi connectivity index (χ1) is 5.57. The second-order valence-electron chi connectivity index (χ2n) is 3.33. The van der Waals surface area contributed by atoms with E-state index in [1.165, 1.54) is 0 Å². The number of hydrogen-bond acceptors (Lipinski definition) is 2. The van der Waals surface area contributed by atoms with Gasteiger partial charge in [0, 0.05) is 29.4 Å². The number of halogens is 1. The third kappa shape index (κ3) is 1.74. The van der Waals surface area contributed by atoms with E-state index in [4.69, 9.17) is 5.73 Å². The minimum absolute atomic E-state index is 0.167. The molecule has 0 saturated carbocycles. The zero-order chi connectivity index (χ0) is 9.30. The van der Waals surface area contributed by atoms with Crippen LogP contribution in [0.2, 0.25) is 0 Å².